The zero-order chi connectivity index (χ0) is 13.3. The van der Waals surface area contributed by atoms with E-state index >= 15 is 0 Å². The Morgan fingerprint density at radius 2 is 2.11 bits per heavy atom. The second kappa shape index (κ2) is 5.27. The van der Waals surface area contributed by atoms with Crippen LogP contribution in [0.4, 0.5) is 10.1 Å². The van der Waals surface area contributed by atoms with Crippen LogP contribution in [0.15, 0.2) is 12.1 Å². The Morgan fingerprint density at radius 1 is 1.39 bits per heavy atom. The summed E-state index contributed by atoms with van der Waals surface area (Å²) >= 11 is 6.25. The van der Waals surface area contributed by atoms with Crippen LogP contribution in [-0.2, 0) is 11.2 Å². The molecule has 0 radical (unpaired) electrons. The molecule has 1 heterocycles. The van der Waals surface area contributed by atoms with Crippen molar-refractivity contribution in [2.45, 2.75) is 38.5 Å². The number of carbonyl (C=O) groups is 1. The van der Waals surface area contributed by atoms with E-state index in [4.69, 9.17) is 11.6 Å². The molecule has 0 saturated heterocycles. The van der Waals surface area contributed by atoms with Crippen LogP contribution in [0.25, 0.3) is 0 Å². The van der Waals surface area contributed by atoms with Gasteiger partial charge in [0.1, 0.15) is 5.82 Å². The van der Waals surface area contributed by atoms with Crippen LogP contribution in [-0.4, -0.2) is 5.91 Å². The second-order valence-electron chi connectivity index (χ2n) is 5.18. The van der Waals surface area contributed by atoms with E-state index in [0.717, 1.165) is 12.0 Å². The summed E-state index contributed by atoms with van der Waals surface area (Å²) < 4.78 is 14.0. The number of anilines is 1. The molecule has 1 atom stereocenters. The molecular weight excluding hydrogens is 253 g/mol. The summed E-state index contributed by atoms with van der Waals surface area (Å²) in [5, 5.41) is 2.37. The van der Waals surface area contributed by atoms with Gasteiger partial charge in [-0.1, -0.05) is 13.8 Å². The van der Waals surface area contributed by atoms with Gasteiger partial charge in [-0.25, -0.2) is 4.39 Å². The average molecular weight is 270 g/mol. The van der Waals surface area contributed by atoms with Gasteiger partial charge in [0.15, 0.2) is 0 Å². The number of hydrogen-bond donors (Lipinski definition) is 1. The van der Waals surface area contributed by atoms with Crippen molar-refractivity contribution in [2.24, 2.45) is 5.92 Å². The maximum Gasteiger partial charge on any atom is 0.224 e. The van der Waals surface area contributed by atoms with Crippen molar-refractivity contribution in [1.29, 1.82) is 0 Å². The molecule has 2 nitrogen and oxygen atoms in total. The number of hydrogen-bond acceptors (Lipinski definition) is 1. The summed E-state index contributed by atoms with van der Waals surface area (Å²) in [4.78, 5) is 11.2. The zero-order valence-corrected chi connectivity index (χ0v) is 11.4. The van der Waals surface area contributed by atoms with Crippen LogP contribution >= 0.6 is 11.6 Å². The SMILES string of the molecule is CC(C)CC(Cl)c1cc2c(cc1F)NC(=O)CC2. The lowest BCUT2D eigenvalue weighted by Crippen LogP contribution is -2.19. The molecule has 1 aliphatic heterocycles. The van der Waals surface area contributed by atoms with Gasteiger partial charge in [-0.05, 0) is 36.5 Å². The van der Waals surface area contributed by atoms with Gasteiger partial charge in [0.2, 0.25) is 5.91 Å². The predicted octanol–water partition coefficient (Wildman–Crippen LogP) is 4.04. The van der Waals surface area contributed by atoms with Gasteiger partial charge in [-0.2, -0.15) is 0 Å². The fourth-order valence-corrected chi connectivity index (χ4v) is 2.73. The van der Waals surface area contributed by atoms with Crippen molar-refractivity contribution < 1.29 is 9.18 Å². The van der Waals surface area contributed by atoms with Crippen molar-refractivity contribution in [3.8, 4) is 0 Å². The molecule has 1 aromatic rings. The molecule has 0 saturated carbocycles. The smallest absolute Gasteiger partial charge is 0.224 e. The summed E-state index contributed by atoms with van der Waals surface area (Å²) in [7, 11) is 0. The van der Waals surface area contributed by atoms with Crippen molar-refractivity contribution in [1.82, 2.24) is 0 Å². The Hall–Kier alpha value is -1.09. The molecule has 2 rings (SSSR count). The number of fused-ring (bicyclic) bond motifs is 1. The lowest BCUT2D eigenvalue weighted by molar-refractivity contribution is -0.116. The highest BCUT2D eigenvalue weighted by Gasteiger charge is 2.21. The number of carbonyl (C=O) groups excluding carboxylic acids is 1. The topological polar surface area (TPSA) is 29.1 Å². The molecule has 4 heteroatoms. The minimum absolute atomic E-state index is 0.0562. The number of aryl methyl sites for hydroxylation is 1. The Kier molecular flexibility index (Phi) is 3.91. The van der Waals surface area contributed by atoms with Crippen LogP contribution < -0.4 is 5.32 Å². The second-order valence-corrected chi connectivity index (χ2v) is 5.70. The summed E-state index contributed by atoms with van der Waals surface area (Å²) in [6, 6.07) is 3.18. The van der Waals surface area contributed by atoms with Crippen molar-refractivity contribution in [3.63, 3.8) is 0 Å². The van der Waals surface area contributed by atoms with Crippen LogP contribution in [0.1, 0.15) is 43.2 Å². The summed E-state index contributed by atoms with van der Waals surface area (Å²) in [5.74, 6) is 0.0264. The number of halogens is 2. The maximum absolute atomic E-state index is 14.0. The molecule has 0 spiro atoms. The summed E-state index contributed by atoms with van der Waals surface area (Å²) in [5.41, 5.74) is 2.10. The van der Waals surface area contributed by atoms with Gasteiger partial charge in [-0.15, -0.1) is 11.6 Å². The number of nitrogens with one attached hydrogen (secondary N) is 1. The van der Waals surface area contributed by atoms with E-state index in [0.29, 0.717) is 30.0 Å². The number of rotatable bonds is 3. The molecule has 98 valence electrons. The summed E-state index contributed by atoms with van der Waals surface area (Å²) in [6.45, 7) is 4.12. The summed E-state index contributed by atoms with van der Waals surface area (Å²) in [6.07, 6.45) is 1.85. The molecule has 0 aliphatic carbocycles. The van der Waals surface area contributed by atoms with E-state index in [1.807, 2.05) is 0 Å². The molecule has 1 unspecified atom stereocenters. The van der Waals surface area contributed by atoms with Gasteiger partial charge in [0.25, 0.3) is 0 Å². The van der Waals surface area contributed by atoms with Gasteiger partial charge in [0, 0.05) is 17.7 Å². The number of amides is 1. The molecular formula is C14H17ClFNO. The van der Waals surface area contributed by atoms with Crippen LogP contribution in [0.3, 0.4) is 0 Å². The molecule has 0 aromatic heterocycles. The largest absolute Gasteiger partial charge is 0.326 e. The molecule has 1 amide bonds. The van der Waals surface area contributed by atoms with Crippen molar-refractivity contribution in [3.05, 3.63) is 29.1 Å². The van der Waals surface area contributed by atoms with E-state index in [1.165, 1.54) is 6.07 Å². The monoisotopic (exact) mass is 269 g/mol. The minimum atomic E-state index is -0.336. The number of benzene rings is 1. The standard InChI is InChI=1S/C14H17ClFNO/c1-8(2)5-11(15)10-6-9-3-4-14(18)17-13(9)7-12(10)16/h6-8,11H,3-5H2,1-2H3,(H,17,18). The highest BCUT2D eigenvalue weighted by Crippen LogP contribution is 2.34. The Bertz CT molecular complexity index is 473. The van der Waals surface area contributed by atoms with Crippen LogP contribution in [0.2, 0.25) is 0 Å². The average Bonchev–Trinajstić information content (AvgIpc) is 2.26. The minimum Gasteiger partial charge on any atom is -0.326 e. The first-order valence-electron chi connectivity index (χ1n) is 6.23. The van der Waals surface area contributed by atoms with E-state index in [9.17, 15) is 9.18 Å². The molecule has 0 fully saturated rings. The first-order chi connectivity index (χ1) is 8.47. The van der Waals surface area contributed by atoms with Crippen LogP contribution in [0, 0.1) is 11.7 Å². The van der Waals surface area contributed by atoms with E-state index in [1.54, 1.807) is 6.07 Å². The van der Waals surface area contributed by atoms with Gasteiger partial charge >= 0.3 is 0 Å². The molecule has 18 heavy (non-hydrogen) atoms. The van der Waals surface area contributed by atoms with Gasteiger partial charge < -0.3 is 5.32 Å². The van der Waals surface area contributed by atoms with Gasteiger partial charge in [-0.3, -0.25) is 4.79 Å². The first kappa shape index (κ1) is 13.3. The number of alkyl halides is 1. The zero-order valence-electron chi connectivity index (χ0n) is 10.6. The third kappa shape index (κ3) is 2.83. The van der Waals surface area contributed by atoms with Crippen molar-refractivity contribution >= 4 is 23.2 Å². The highest BCUT2D eigenvalue weighted by atomic mass is 35.5. The fraction of sp³-hybridized carbons (Fsp3) is 0.500. The quantitative estimate of drug-likeness (QED) is 0.825. The fourth-order valence-electron chi connectivity index (χ4n) is 2.20. The normalized spacial score (nSPS) is 16.4. The molecule has 0 bridgehead atoms. The Labute approximate surface area is 112 Å². The van der Waals surface area contributed by atoms with E-state index in [2.05, 4.69) is 19.2 Å². The van der Waals surface area contributed by atoms with E-state index < -0.39 is 0 Å². The third-order valence-electron chi connectivity index (χ3n) is 3.13. The lowest BCUT2D eigenvalue weighted by atomic mass is 9.95. The Balaban J connectivity index is 2.30. The van der Waals surface area contributed by atoms with Crippen molar-refractivity contribution in [2.75, 3.05) is 5.32 Å². The van der Waals surface area contributed by atoms with E-state index in [-0.39, 0.29) is 17.1 Å². The highest BCUT2D eigenvalue weighted by molar-refractivity contribution is 6.20. The van der Waals surface area contributed by atoms with Gasteiger partial charge in [0.05, 0.1) is 5.38 Å². The third-order valence-corrected chi connectivity index (χ3v) is 3.55. The molecule has 1 aliphatic rings. The molecule has 1 aromatic carbocycles. The first-order valence-corrected chi connectivity index (χ1v) is 6.67. The maximum atomic E-state index is 14.0. The van der Waals surface area contributed by atoms with Crippen LogP contribution in [0.5, 0.6) is 0 Å². The lowest BCUT2D eigenvalue weighted by Gasteiger charge is -2.20. The molecule has 1 N–H and O–H groups in total. The predicted molar refractivity (Wildman–Crippen MR) is 71.4 cm³/mol. The Morgan fingerprint density at radius 3 is 2.78 bits per heavy atom.